The van der Waals surface area contributed by atoms with Gasteiger partial charge in [-0.1, -0.05) is 11.8 Å². The fourth-order valence-electron chi connectivity index (χ4n) is 1.27. The predicted molar refractivity (Wildman–Crippen MR) is 60.6 cm³/mol. The summed E-state index contributed by atoms with van der Waals surface area (Å²) in [5, 5.41) is 17.7. The second kappa shape index (κ2) is 6.81. The normalized spacial score (nSPS) is 10.9. The molecule has 0 aliphatic carbocycles. The number of unbranched alkanes of at least 4 members (excludes halogenated alkanes) is 1. The molecule has 15 heavy (non-hydrogen) atoms. The molecule has 6 heteroatoms. The lowest BCUT2D eigenvalue weighted by Gasteiger charge is -2.05. The van der Waals surface area contributed by atoms with Crippen molar-refractivity contribution >= 4 is 11.8 Å². The molecule has 0 radical (unpaired) electrons. The maximum Gasteiger partial charge on any atom is 0.191 e. The van der Waals surface area contributed by atoms with Crippen LogP contribution in [0.3, 0.4) is 0 Å². The molecule has 0 aromatic carbocycles. The smallest absolute Gasteiger partial charge is 0.191 e. The fraction of sp³-hybridized carbons (Fsp3) is 0.778. The van der Waals surface area contributed by atoms with Crippen molar-refractivity contribution in [1.29, 1.82) is 0 Å². The molecule has 1 rings (SSSR count). The molecule has 1 aromatic heterocycles. The molecule has 0 saturated carbocycles. The Balaban J connectivity index is 2.49. The van der Waals surface area contributed by atoms with Crippen molar-refractivity contribution in [3.05, 3.63) is 5.82 Å². The molecule has 1 heterocycles. The van der Waals surface area contributed by atoms with Gasteiger partial charge in [-0.05, 0) is 19.8 Å². The van der Waals surface area contributed by atoms with Gasteiger partial charge in [0.25, 0.3) is 0 Å². The van der Waals surface area contributed by atoms with E-state index in [9.17, 15) is 0 Å². The van der Waals surface area contributed by atoms with Crippen LogP contribution in [0.4, 0.5) is 0 Å². The van der Waals surface area contributed by atoms with Gasteiger partial charge in [-0.3, -0.25) is 0 Å². The van der Waals surface area contributed by atoms with Crippen molar-refractivity contribution in [3.8, 4) is 0 Å². The highest BCUT2D eigenvalue weighted by Crippen LogP contribution is 2.18. The zero-order valence-corrected chi connectivity index (χ0v) is 9.83. The van der Waals surface area contributed by atoms with Gasteiger partial charge in [0.05, 0.1) is 6.54 Å². The first kappa shape index (κ1) is 12.5. The quantitative estimate of drug-likeness (QED) is 0.530. The largest absolute Gasteiger partial charge is 0.396 e. The SMILES string of the molecule is CCn1c(CN)nnc1SCCCCO. The van der Waals surface area contributed by atoms with Crippen molar-refractivity contribution in [2.45, 2.75) is 38.0 Å². The van der Waals surface area contributed by atoms with Crippen molar-refractivity contribution in [3.63, 3.8) is 0 Å². The number of aromatic nitrogens is 3. The van der Waals surface area contributed by atoms with E-state index in [1.54, 1.807) is 11.8 Å². The van der Waals surface area contributed by atoms with Crippen LogP contribution in [0.25, 0.3) is 0 Å². The fourth-order valence-corrected chi connectivity index (χ4v) is 2.29. The van der Waals surface area contributed by atoms with Crippen molar-refractivity contribution in [1.82, 2.24) is 14.8 Å². The Morgan fingerprint density at radius 3 is 2.80 bits per heavy atom. The second-order valence-electron chi connectivity index (χ2n) is 3.13. The van der Waals surface area contributed by atoms with E-state index in [-0.39, 0.29) is 6.61 Å². The van der Waals surface area contributed by atoms with E-state index in [0.29, 0.717) is 6.54 Å². The molecule has 0 aliphatic heterocycles. The predicted octanol–water partition coefficient (Wildman–Crippen LogP) is 0.621. The molecular weight excluding hydrogens is 212 g/mol. The van der Waals surface area contributed by atoms with Crippen LogP contribution >= 0.6 is 11.8 Å². The Morgan fingerprint density at radius 2 is 2.20 bits per heavy atom. The summed E-state index contributed by atoms with van der Waals surface area (Å²) in [5.41, 5.74) is 5.55. The molecule has 0 spiro atoms. The zero-order chi connectivity index (χ0) is 11.1. The molecule has 0 fully saturated rings. The van der Waals surface area contributed by atoms with Crippen LogP contribution in [-0.2, 0) is 13.1 Å². The summed E-state index contributed by atoms with van der Waals surface area (Å²) in [6.07, 6.45) is 1.84. The molecule has 0 atom stereocenters. The summed E-state index contributed by atoms with van der Waals surface area (Å²) in [4.78, 5) is 0. The van der Waals surface area contributed by atoms with Crippen LogP contribution in [0.15, 0.2) is 5.16 Å². The molecule has 5 nitrogen and oxygen atoms in total. The Labute approximate surface area is 94.1 Å². The van der Waals surface area contributed by atoms with Gasteiger partial charge in [-0.25, -0.2) is 0 Å². The van der Waals surface area contributed by atoms with Gasteiger partial charge in [0.15, 0.2) is 5.16 Å². The highest BCUT2D eigenvalue weighted by molar-refractivity contribution is 7.99. The third kappa shape index (κ3) is 3.48. The lowest BCUT2D eigenvalue weighted by Crippen LogP contribution is -2.08. The average Bonchev–Trinajstić information content (AvgIpc) is 2.66. The summed E-state index contributed by atoms with van der Waals surface area (Å²) < 4.78 is 2.03. The number of aliphatic hydroxyl groups excluding tert-OH is 1. The molecule has 0 bridgehead atoms. The Morgan fingerprint density at radius 1 is 1.40 bits per heavy atom. The maximum atomic E-state index is 8.65. The van der Waals surface area contributed by atoms with Crippen LogP contribution in [-0.4, -0.2) is 32.2 Å². The zero-order valence-electron chi connectivity index (χ0n) is 9.02. The number of thioether (sulfide) groups is 1. The van der Waals surface area contributed by atoms with E-state index in [1.165, 1.54) is 0 Å². The van der Waals surface area contributed by atoms with Gasteiger partial charge in [0.2, 0.25) is 0 Å². The first-order chi connectivity index (χ1) is 7.33. The van der Waals surface area contributed by atoms with Crippen molar-refractivity contribution in [2.75, 3.05) is 12.4 Å². The minimum Gasteiger partial charge on any atom is -0.396 e. The van der Waals surface area contributed by atoms with Gasteiger partial charge in [-0.2, -0.15) is 0 Å². The monoisotopic (exact) mass is 230 g/mol. The van der Waals surface area contributed by atoms with E-state index < -0.39 is 0 Å². The third-order valence-electron chi connectivity index (χ3n) is 2.08. The molecule has 0 amide bonds. The molecule has 0 aliphatic rings. The Kier molecular flexibility index (Phi) is 5.67. The number of rotatable bonds is 7. The number of hydrogen-bond donors (Lipinski definition) is 2. The van der Waals surface area contributed by atoms with E-state index in [0.717, 1.165) is 36.1 Å². The van der Waals surface area contributed by atoms with Crippen LogP contribution < -0.4 is 5.73 Å². The average molecular weight is 230 g/mol. The molecule has 86 valence electrons. The number of aliphatic hydroxyl groups is 1. The van der Waals surface area contributed by atoms with Gasteiger partial charge in [-0.15, -0.1) is 10.2 Å². The second-order valence-corrected chi connectivity index (χ2v) is 4.19. The topological polar surface area (TPSA) is 77.0 Å². The van der Waals surface area contributed by atoms with Crippen LogP contribution in [0.2, 0.25) is 0 Å². The maximum absolute atomic E-state index is 8.65. The number of nitrogens with zero attached hydrogens (tertiary/aromatic N) is 3. The van der Waals surface area contributed by atoms with E-state index in [4.69, 9.17) is 10.8 Å². The molecule has 0 saturated heterocycles. The van der Waals surface area contributed by atoms with Gasteiger partial charge in [0.1, 0.15) is 5.82 Å². The minimum atomic E-state index is 0.259. The van der Waals surface area contributed by atoms with Gasteiger partial charge >= 0.3 is 0 Å². The number of nitrogens with two attached hydrogens (primary N) is 1. The van der Waals surface area contributed by atoms with Crippen LogP contribution in [0.5, 0.6) is 0 Å². The van der Waals surface area contributed by atoms with Crippen molar-refractivity contribution in [2.24, 2.45) is 5.73 Å². The van der Waals surface area contributed by atoms with Crippen LogP contribution in [0, 0.1) is 0 Å². The highest BCUT2D eigenvalue weighted by Gasteiger charge is 2.08. The first-order valence-electron chi connectivity index (χ1n) is 5.19. The summed E-state index contributed by atoms with van der Waals surface area (Å²) in [5.74, 6) is 1.80. The van der Waals surface area contributed by atoms with Gasteiger partial charge < -0.3 is 15.4 Å². The van der Waals surface area contributed by atoms with E-state index >= 15 is 0 Å². The standard InChI is InChI=1S/C9H18N4OS/c1-2-13-8(7-10)11-12-9(13)15-6-4-3-5-14/h14H,2-7,10H2,1H3. The van der Waals surface area contributed by atoms with Crippen LogP contribution in [0.1, 0.15) is 25.6 Å². The van der Waals surface area contributed by atoms with Gasteiger partial charge in [0, 0.05) is 18.9 Å². The highest BCUT2D eigenvalue weighted by atomic mass is 32.2. The minimum absolute atomic E-state index is 0.259. The van der Waals surface area contributed by atoms with E-state index in [1.807, 2.05) is 4.57 Å². The lowest BCUT2D eigenvalue weighted by molar-refractivity contribution is 0.287. The Hall–Kier alpha value is -0.590. The molecule has 3 N–H and O–H groups in total. The van der Waals surface area contributed by atoms with Crippen molar-refractivity contribution < 1.29 is 5.11 Å². The molecule has 0 unspecified atom stereocenters. The summed E-state index contributed by atoms with van der Waals surface area (Å²) in [6.45, 7) is 3.59. The first-order valence-corrected chi connectivity index (χ1v) is 6.17. The lowest BCUT2D eigenvalue weighted by atomic mass is 10.4. The number of hydrogen-bond acceptors (Lipinski definition) is 5. The Bertz CT molecular complexity index is 290. The summed E-state index contributed by atoms with van der Waals surface area (Å²) >= 11 is 1.67. The molecular formula is C9H18N4OS. The summed E-state index contributed by atoms with van der Waals surface area (Å²) in [7, 11) is 0. The third-order valence-corrected chi connectivity index (χ3v) is 3.13. The molecule has 1 aromatic rings. The summed E-state index contributed by atoms with van der Waals surface area (Å²) in [6, 6.07) is 0. The van der Waals surface area contributed by atoms with E-state index in [2.05, 4.69) is 17.1 Å².